The van der Waals surface area contributed by atoms with Crippen molar-refractivity contribution >= 4 is 74.9 Å². The first-order valence-corrected chi connectivity index (χ1v) is 10.2. The number of carbonyl (C=O) groups excluding carboxylic acids is 2. The summed E-state index contributed by atoms with van der Waals surface area (Å²) in [5.41, 5.74) is 8.53. The summed E-state index contributed by atoms with van der Waals surface area (Å²) in [4.78, 5) is 25.4. The van der Waals surface area contributed by atoms with Gasteiger partial charge in [-0.3, -0.25) is 4.79 Å². The van der Waals surface area contributed by atoms with Crippen molar-refractivity contribution in [1.82, 2.24) is 10.3 Å². The number of rotatable bonds is 4. The number of thiazole rings is 1. The highest BCUT2D eigenvalue weighted by Gasteiger charge is 2.51. The zero-order valence-corrected chi connectivity index (χ0v) is 17.7. The van der Waals surface area contributed by atoms with E-state index in [2.05, 4.69) is 15.6 Å². The Morgan fingerprint density at radius 3 is 2.66 bits per heavy atom. The molecule has 1 aromatic carbocycles. The number of primary amides is 1. The second-order valence-electron chi connectivity index (χ2n) is 6.01. The van der Waals surface area contributed by atoms with Crippen molar-refractivity contribution in [2.75, 3.05) is 5.32 Å². The molecule has 2 aromatic rings. The molecule has 3 rings (SSSR count). The van der Waals surface area contributed by atoms with Gasteiger partial charge in [-0.15, -0.1) is 22.9 Å². The van der Waals surface area contributed by atoms with E-state index in [0.29, 0.717) is 16.8 Å². The maximum Gasteiger partial charge on any atom is 0.317 e. The fraction of sp³-hybridized carbons (Fsp3) is 0.111. The minimum Gasteiger partial charge on any atom is -0.369 e. The van der Waals surface area contributed by atoms with Crippen LogP contribution in [-0.2, 0) is 0 Å². The largest absolute Gasteiger partial charge is 0.369 e. The lowest BCUT2D eigenvalue weighted by Crippen LogP contribution is -2.56. The van der Waals surface area contributed by atoms with Crippen LogP contribution >= 0.6 is 46.8 Å². The Labute approximate surface area is 185 Å². The van der Waals surface area contributed by atoms with Crippen LogP contribution in [0, 0.1) is 0 Å². The van der Waals surface area contributed by atoms with E-state index in [4.69, 9.17) is 41.2 Å². The molecule has 1 heterocycles. The third kappa shape index (κ3) is 4.34. The number of carbonyl (C=O) groups is 2. The third-order valence-corrected chi connectivity index (χ3v) is 6.30. The van der Waals surface area contributed by atoms with Gasteiger partial charge in [-0.1, -0.05) is 48.1 Å². The Morgan fingerprint density at radius 1 is 1.28 bits per heavy atom. The highest BCUT2D eigenvalue weighted by Crippen LogP contribution is 2.43. The highest BCUT2D eigenvalue weighted by molar-refractivity contribution is 7.80. The maximum atomic E-state index is 12.4. The molecule has 29 heavy (non-hydrogen) atoms. The normalized spacial score (nSPS) is 23.2. The third-order valence-electron chi connectivity index (χ3n) is 4.07. The number of hydrogen-bond donors (Lipinski definition) is 4. The number of halogens is 2. The summed E-state index contributed by atoms with van der Waals surface area (Å²) in [5, 5.41) is 15.0. The summed E-state index contributed by atoms with van der Waals surface area (Å²) in [5.74, 6) is -0.379. The summed E-state index contributed by atoms with van der Waals surface area (Å²) in [6, 6.07) is 6.01. The SMILES string of the molecule is NC(=O)NC(=S)C1(Cl)C=C(c2ccccc2NC(=O)c2cscn2)C=CC1(O)Cl. The number of urea groups is 1. The Bertz CT molecular complexity index is 1040. The summed E-state index contributed by atoms with van der Waals surface area (Å²) in [7, 11) is 0. The monoisotopic (exact) mass is 468 g/mol. The van der Waals surface area contributed by atoms with Crippen molar-refractivity contribution in [2.45, 2.75) is 9.93 Å². The van der Waals surface area contributed by atoms with Gasteiger partial charge < -0.3 is 21.5 Å². The summed E-state index contributed by atoms with van der Waals surface area (Å²) >= 11 is 19.1. The fourth-order valence-electron chi connectivity index (χ4n) is 2.64. The minimum absolute atomic E-state index is 0.269. The Kier molecular flexibility index (Phi) is 6.06. The topological polar surface area (TPSA) is 117 Å². The number of nitrogens with two attached hydrogens (primary N) is 1. The molecule has 0 bridgehead atoms. The quantitative estimate of drug-likeness (QED) is 0.405. The molecule has 0 aliphatic heterocycles. The number of nitrogens with one attached hydrogen (secondary N) is 2. The van der Waals surface area contributed by atoms with Crippen LogP contribution in [0.4, 0.5) is 10.5 Å². The Morgan fingerprint density at radius 2 is 2.00 bits per heavy atom. The van der Waals surface area contributed by atoms with Crippen LogP contribution in [0.3, 0.4) is 0 Å². The molecule has 0 saturated heterocycles. The van der Waals surface area contributed by atoms with Gasteiger partial charge >= 0.3 is 6.03 Å². The van der Waals surface area contributed by atoms with Crippen molar-refractivity contribution in [3.63, 3.8) is 0 Å². The van der Waals surface area contributed by atoms with Crippen molar-refractivity contribution in [3.8, 4) is 0 Å². The van der Waals surface area contributed by atoms with Gasteiger partial charge in [0.05, 0.1) is 5.51 Å². The van der Waals surface area contributed by atoms with Crippen molar-refractivity contribution in [2.24, 2.45) is 5.73 Å². The molecular formula is C18H14Cl2N4O3S2. The number of benzene rings is 1. The van der Waals surface area contributed by atoms with Crippen LogP contribution in [0.15, 0.2) is 53.4 Å². The second-order valence-corrected chi connectivity index (χ2v) is 8.31. The van der Waals surface area contributed by atoms with Crippen molar-refractivity contribution in [3.05, 3.63) is 64.6 Å². The van der Waals surface area contributed by atoms with E-state index in [1.54, 1.807) is 35.2 Å². The molecule has 0 saturated carbocycles. The molecule has 1 aliphatic carbocycles. The van der Waals surface area contributed by atoms with Crippen LogP contribution in [0.25, 0.3) is 5.57 Å². The van der Waals surface area contributed by atoms with Gasteiger partial charge in [-0.25, -0.2) is 9.78 Å². The molecule has 0 radical (unpaired) electrons. The van der Waals surface area contributed by atoms with E-state index in [0.717, 1.165) is 0 Å². The van der Waals surface area contributed by atoms with Crippen molar-refractivity contribution < 1.29 is 14.7 Å². The van der Waals surface area contributed by atoms with Crippen LogP contribution < -0.4 is 16.4 Å². The van der Waals surface area contributed by atoms with Crippen LogP contribution in [-0.4, -0.2) is 37.0 Å². The summed E-state index contributed by atoms with van der Waals surface area (Å²) in [6.45, 7) is 0. The number of anilines is 1. The van der Waals surface area contributed by atoms with Gasteiger partial charge in [0.2, 0.25) is 0 Å². The number of para-hydroxylation sites is 1. The number of hydrogen-bond acceptors (Lipinski definition) is 6. The highest BCUT2D eigenvalue weighted by atomic mass is 35.5. The van der Waals surface area contributed by atoms with Crippen LogP contribution in [0.5, 0.6) is 0 Å². The van der Waals surface area contributed by atoms with Crippen LogP contribution in [0.2, 0.25) is 0 Å². The van der Waals surface area contributed by atoms with Gasteiger partial charge in [0.25, 0.3) is 5.91 Å². The molecule has 150 valence electrons. The zero-order chi connectivity index (χ0) is 21.2. The lowest BCUT2D eigenvalue weighted by molar-refractivity contribution is 0.102. The number of aromatic nitrogens is 1. The molecule has 7 nitrogen and oxygen atoms in total. The number of nitrogens with zero attached hydrogens (tertiary/aromatic N) is 1. The summed E-state index contributed by atoms with van der Waals surface area (Å²) in [6.07, 6.45) is 4.17. The van der Waals surface area contributed by atoms with Crippen LogP contribution in [0.1, 0.15) is 16.1 Å². The Balaban J connectivity index is 2.00. The minimum atomic E-state index is -2.11. The molecule has 5 N–H and O–H groups in total. The summed E-state index contributed by atoms with van der Waals surface area (Å²) < 4.78 is 0. The molecule has 2 unspecified atom stereocenters. The molecule has 0 spiro atoms. The van der Waals surface area contributed by atoms with E-state index >= 15 is 0 Å². The first-order valence-electron chi connectivity index (χ1n) is 8.06. The number of allylic oxidation sites excluding steroid dienone is 2. The average molecular weight is 469 g/mol. The van der Waals surface area contributed by atoms with Gasteiger partial charge in [-0.05, 0) is 23.8 Å². The molecule has 1 aliphatic rings. The molecule has 1 aromatic heterocycles. The lowest BCUT2D eigenvalue weighted by Gasteiger charge is -2.37. The van der Waals surface area contributed by atoms with E-state index in [-0.39, 0.29) is 16.6 Å². The molecule has 3 amide bonds. The Hall–Kier alpha value is -2.30. The van der Waals surface area contributed by atoms with Gasteiger partial charge in [0.15, 0.2) is 9.93 Å². The zero-order valence-electron chi connectivity index (χ0n) is 14.6. The number of amides is 3. The lowest BCUT2D eigenvalue weighted by atomic mass is 9.88. The van der Waals surface area contributed by atoms with E-state index in [1.807, 2.05) is 0 Å². The predicted molar refractivity (Wildman–Crippen MR) is 118 cm³/mol. The smallest absolute Gasteiger partial charge is 0.317 e. The van der Waals surface area contributed by atoms with Gasteiger partial charge in [0.1, 0.15) is 10.7 Å². The first-order chi connectivity index (χ1) is 13.6. The predicted octanol–water partition coefficient (Wildman–Crippen LogP) is 3.25. The van der Waals surface area contributed by atoms with Gasteiger partial charge in [0, 0.05) is 16.6 Å². The number of thiocarbonyl (C=S) groups is 1. The van der Waals surface area contributed by atoms with Crippen molar-refractivity contribution in [1.29, 1.82) is 0 Å². The second kappa shape index (κ2) is 8.21. The van der Waals surface area contributed by atoms with E-state index < -0.39 is 16.0 Å². The standard InChI is InChI=1S/C18H14Cl2N4O3S2/c19-17(15(28)24-16(21)26)7-10(5-6-18(17,20)27)11-3-1-2-4-12(11)23-14(25)13-8-29-9-22-13/h1-9,27H,(H,23,25)(H3,21,24,26,28). The first kappa shape index (κ1) is 21.4. The number of aliphatic hydroxyl groups is 1. The molecule has 0 fully saturated rings. The van der Waals surface area contributed by atoms with E-state index in [1.165, 1.54) is 29.6 Å². The van der Waals surface area contributed by atoms with Gasteiger partial charge in [-0.2, -0.15) is 0 Å². The molecule has 11 heteroatoms. The number of alkyl halides is 2. The molecular weight excluding hydrogens is 455 g/mol. The molecule has 2 atom stereocenters. The van der Waals surface area contributed by atoms with E-state index in [9.17, 15) is 14.7 Å². The maximum absolute atomic E-state index is 12.4. The average Bonchev–Trinajstić information content (AvgIpc) is 3.19. The fourth-order valence-corrected chi connectivity index (χ4v) is 3.98.